The van der Waals surface area contributed by atoms with Crippen LogP contribution in [0.1, 0.15) is 44.4 Å². The third-order valence-electron chi connectivity index (χ3n) is 3.11. The molecule has 0 bridgehead atoms. The molecule has 0 aliphatic rings. The van der Waals surface area contributed by atoms with E-state index < -0.39 is 0 Å². The lowest BCUT2D eigenvalue weighted by molar-refractivity contribution is 0.565. The van der Waals surface area contributed by atoms with Crippen LogP contribution in [0.25, 0.3) is 5.82 Å². The van der Waals surface area contributed by atoms with Gasteiger partial charge in [-0.05, 0) is 31.0 Å². The Morgan fingerprint density at radius 3 is 2.80 bits per heavy atom. The van der Waals surface area contributed by atoms with Gasteiger partial charge in [0.25, 0.3) is 0 Å². The summed E-state index contributed by atoms with van der Waals surface area (Å²) in [6.07, 6.45) is 4.40. The Morgan fingerprint density at radius 1 is 1.35 bits per heavy atom. The van der Waals surface area contributed by atoms with Gasteiger partial charge in [-0.2, -0.15) is 5.10 Å². The number of pyridine rings is 1. The molecule has 2 aromatic rings. The second-order valence-corrected chi connectivity index (χ2v) is 5.12. The number of hydrogen-bond acceptors (Lipinski definition) is 3. The first-order chi connectivity index (χ1) is 9.63. The van der Waals surface area contributed by atoms with E-state index in [0.29, 0.717) is 18.0 Å². The molecule has 5 heteroatoms. The van der Waals surface area contributed by atoms with Crippen molar-refractivity contribution in [2.24, 2.45) is 0 Å². The van der Waals surface area contributed by atoms with Crippen molar-refractivity contribution in [2.45, 2.75) is 39.7 Å². The van der Waals surface area contributed by atoms with Crippen LogP contribution in [0.5, 0.6) is 0 Å². The highest BCUT2D eigenvalue weighted by Gasteiger charge is 2.13. The molecule has 2 heterocycles. The van der Waals surface area contributed by atoms with Crippen molar-refractivity contribution in [3.05, 3.63) is 41.6 Å². The molecule has 2 aromatic heterocycles. The number of hydrogen-bond donors (Lipinski definition) is 1. The van der Waals surface area contributed by atoms with Crippen LogP contribution >= 0.6 is 0 Å². The van der Waals surface area contributed by atoms with Gasteiger partial charge in [0.1, 0.15) is 0 Å². The second-order valence-electron chi connectivity index (χ2n) is 5.12. The van der Waals surface area contributed by atoms with Gasteiger partial charge in [-0.1, -0.05) is 20.8 Å². The van der Waals surface area contributed by atoms with Crippen molar-refractivity contribution < 1.29 is 4.39 Å². The lowest BCUT2D eigenvalue weighted by atomic mass is 10.1. The summed E-state index contributed by atoms with van der Waals surface area (Å²) in [5.41, 5.74) is 1.55. The Labute approximate surface area is 119 Å². The van der Waals surface area contributed by atoms with Crippen LogP contribution in [-0.2, 0) is 6.54 Å². The molecule has 1 N–H and O–H groups in total. The van der Waals surface area contributed by atoms with Crippen molar-refractivity contribution in [3.63, 3.8) is 0 Å². The van der Waals surface area contributed by atoms with Crippen molar-refractivity contribution >= 4 is 0 Å². The Hall–Kier alpha value is -1.75. The molecule has 2 rings (SSSR count). The predicted molar refractivity (Wildman–Crippen MR) is 77.4 cm³/mol. The van der Waals surface area contributed by atoms with Crippen molar-refractivity contribution in [1.29, 1.82) is 0 Å². The Morgan fingerprint density at radius 2 is 2.15 bits per heavy atom. The zero-order chi connectivity index (χ0) is 14.5. The molecule has 0 aliphatic carbocycles. The first kappa shape index (κ1) is 14.7. The van der Waals surface area contributed by atoms with E-state index in [1.807, 2.05) is 6.07 Å². The van der Waals surface area contributed by atoms with Crippen LogP contribution in [0.2, 0.25) is 0 Å². The van der Waals surface area contributed by atoms with E-state index in [1.54, 1.807) is 18.5 Å². The van der Waals surface area contributed by atoms with Gasteiger partial charge >= 0.3 is 0 Å². The highest BCUT2D eigenvalue weighted by Crippen LogP contribution is 2.17. The van der Waals surface area contributed by atoms with Gasteiger partial charge in [-0.15, -0.1) is 0 Å². The molecular weight excluding hydrogens is 255 g/mol. The lowest BCUT2D eigenvalue weighted by Crippen LogP contribution is -2.16. The van der Waals surface area contributed by atoms with Crippen LogP contribution in [0.3, 0.4) is 0 Å². The Balaban J connectivity index is 2.25. The Kier molecular flexibility index (Phi) is 4.84. The molecule has 0 spiro atoms. The molecule has 0 saturated carbocycles. The van der Waals surface area contributed by atoms with E-state index in [9.17, 15) is 4.39 Å². The van der Waals surface area contributed by atoms with E-state index >= 15 is 0 Å². The monoisotopic (exact) mass is 276 g/mol. The molecule has 0 atom stereocenters. The van der Waals surface area contributed by atoms with Crippen LogP contribution < -0.4 is 5.32 Å². The fourth-order valence-electron chi connectivity index (χ4n) is 1.93. The molecule has 0 unspecified atom stereocenters. The van der Waals surface area contributed by atoms with E-state index in [1.165, 1.54) is 4.68 Å². The molecule has 0 fully saturated rings. The van der Waals surface area contributed by atoms with Gasteiger partial charge < -0.3 is 5.32 Å². The minimum absolute atomic E-state index is 0.257. The molecule has 20 heavy (non-hydrogen) atoms. The first-order valence-corrected chi connectivity index (χ1v) is 7.03. The maximum atomic E-state index is 14.4. The minimum Gasteiger partial charge on any atom is -0.313 e. The van der Waals surface area contributed by atoms with Crippen molar-refractivity contribution in [3.8, 4) is 5.82 Å². The smallest absolute Gasteiger partial charge is 0.190 e. The number of nitrogens with zero attached hydrogens (tertiary/aromatic N) is 3. The van der Waals surface area contributed by atoms with Gasteiger partial charge in [0.15, 0.2) is 11.6 Å². The molecule has 4 nitrogen and oxygen atoms in total. The molecule has 0 aromatic carbocycles. The quantitative estimate of drug-likeness (QED) is 0.825. The highest BCUT2D eigenvalue weighted by atomic mass is 19.1. The zero-order valence-electron chi connectivity index (χ0n) is 12.2. The molecule has 0 saturated heterocycles. The maximum absolute atomic E-state index is 14.4. The summed E-state index contributed by atoms with van der Waals surface area (Å²) in [4.78, 5) is 4.11. The van der Waals surface area contributed by atoms with Gasteiger partial charge in [0, 0.05) is 24.5 Å². The summed E-state index contributed by atoms with van der Waals surface area (Å²) >= 11 is 0. The number of aromatic nitrogens is 3. The average molecular weight is 276 g/mol. The van der Waals surface area contributed by atoms with Crippen LogP contribution in [0, 0.1) is 5.82 Å². The molecule has 0 radical (unpaired) electrons. The lowest BCUT2D eigenvalue weighted by Gasteiger charge is -2.08. The first-order valence-electron chi connectivity index (χ1n) is 7.03. The summed E-state index contributed by atoms with van der Waals surface area (Å²) in [5.74, 6) is 0.260. The Bertz CT molecular complexity index is 563. The third kappa shape index (κ3) is 3.22. The summed E-state index contributed by atoms with van der Waals surface area (Å²) < 4.78 is 15.9. The van der Waals surface area contributed by atoms with Crippen LogP contribution in [0.4, 0.5) is 4.39 Å². The van der Waals surface area contributed by atoms with E-state index in [-0.39, 0.29) is 11.6 Å². The zero-order valence-corrected chi connectivity index (χ0v) is 12.2. The number of nitrogens with one attached hydrogen (secondary N) is 1. The normalized spacial score (nSPS) is 11.2. The molecule has 108 valence electrons. The minimum atomic E-state index is -0.311. The standard InChI is InChI=1S/C15H21FN4/c1-4-7-17-10-12-5-8-18-15(14(12)16)20-9-6-13(19-20)11(2)3/h5-6,8-9,11,17H,4,7,10H2,1-3H3. The highest BCUT2D eigenvalue weighted by molar-refractivity contribution is 5.30. The third-order valence-corrected chi connectivity index (χ3v) is 3.11. The van der Waals surface area contributed by atoms with E-state index in [4.69, 9.17) is 0 Å². The second kappa shape index (κ2) is 6.61. The fraction of sp³-hybridized carbons (Fsp3) is 0.467. The predicted octanol–water partition coefficient (Wildman–Crippen LogP) is 3.03. The molecular formula is C15H21FN4. The van der Waals surface area contributed by atoms with Crippen LogP contribution in [-0.4, -0.2) is 21.3 Å². The van der Waals surface area contributed by atoms with Gasteiger partial charge in [-0.3, -0.25) is 0 Å². The van der Waals surface area contributed by atoms with Crippen molar-refractivity contribution in [1.82, 2.24) is 20.1 Å². The topological polar surface area (TPSA) is 42.7 Å². The van der Waals surface area contributed by atoms with Crippen LogP contribution in [0.15, 0.2) is 24.5 Å². The fourth-order valence-corrected chi connectivity index (χ4v) is 1.93. The molecule has 0 amide bonds. The molecule has 0 aliphatic heterocycles. The van der Waals surface area contributed by atoms with Crippen molar-refractivity contribution in [2.75, 3.05) is 6.54 Å². The summed E-state index contributed by atoms with van der Waals surface area (Å²) in [7, 11) is 0. The largest absolute Gasteiger partial charge is 0.313 e. The summed E-state index contributed by atoms with van der Waals surface area (Å²) in [6.45, 7) is 7.57. The average Bonchev–Trinajstić information content (AvgIpc) is 2.90. The van der Waals surface area contributed by atoms with Gasteiger partial charge in [0.2, 0.25) is 0 Å². The van der Waals surface area contributed by atoms with E-state index in [2.05, 4.69) is 36.2 Å². The number of rotatable bonds is 6. The maximum Gasteiger partial charge on any atom is 0.190 e. The number of halogens is 1. The summed E-state index contributed by atoms with van der Waals surface area (Å²) in [5, 5.41) is 7.57. The van der Waals surface area contributed by atoms with Gasteiger partial charge in [-0.25, -0.2) is 14.1 Å². The van der Waals surface area contributed by atoms with E-state index in [0.717, 1.165) is 18.7 Å². The SMILES string of the molecule is CCCNCc1ccnc(-n2ccc(C(C)C)n2)c1F. The van der Waals surface area contributed by atoms with Gasteiger partial charge in [0.05, 0.1) is 5.69 Å². The summed E-state index contributed by atoms with van der Waals surface area (Å²) in [6, 6.07) is 3.60.